The minimum Gasteiger partial charge on any atom is -0.0741 e. The second-order valence-corrected chi connectivity index (χ2v) is 2.76. The van der Waals surface area contributed by atoms with Crippen LogP contribution in [0.3, 0.4) is 0 Å². The molecule has 0 nitrogen and oxygen atoms in total. The normalized spacial score (nSPS) is 50.5. The van der Waals surface area contributed by atoms with E-state index in [0.29, 0.717) is 0 Å². The highest BCUT2D eigenvalue weighted by atomic mass is 14.3. The van der Waals surface area contributed by atoms with Crippen LogP contribution in [0.4, 0.5) is 0 Å². The first-order valence-electron chi connectivity index (χ1n) is 2.89. The lowest BCUT2D eigenvalue weighted by Gasteiger charge is -2.02. The van der Waals surface area contributed by atoms with Crippen molar-refractivity contribution in [3.05, 3.63) is 0 Å². The van der Waals surface area contributed by atoms with Crippen LogP contribution in [0.1, 0.15) is 13.3 Å². The Hall–Kier alpha value is 0.0649. The summed E-state index contributed by atoms with van der Waals surface area (Å²) in [6, 6.07) is 0. The zero-order chi connectivity index (χ0) is 4.15. The molecular weight excluding hydrogens is 70.9 g/mol. The van der Waals surface area contributed by atoms with Crippen LogP contribution in [-0.4, -0.2) is 6.71 Å². The Balaban J connectivity index is 2.11. The SMILES string of the molecule is CC1B2CCC21. The second-order valence-electron chi connectivity index (χ2n) is 2.76. The molecular formula is C5H9B. The molecule has 2 saturated heterocycles. The van der Waals surface area contributed by atoms with E-state index >= 15 is 0 Å². The molecule has 0 amide bonds. The van der Waals surface area contributed by atoms with E-state index in [1.165, 1.54) is 12.5 Å². The second kappa shape index (κ2) is 0.684. The third-order valence-electron chi connectivity index (χ3n) is 2.59. The fourth-order valence-corrected chi connectivity index (χ4v) is 1.71. The number of fused-ring (bicyclic) bond motifs is 1. The highest BCUT2D eigenvalue weighted by molar-refractivity contribution is 6.77. The maximum atomic E-state index is 2.38. The van der Waals surface area contributed by atoms with Crippen molar-refractivity contribution in [2.45, 2.75) is 31.3 Å². The van der Waals surface area contributed by atoms with E-state index in [1.54, 1.807) is 12.7 Å². The first-order chi connectivity index (χ1) is 2.89. The van der Waals surface area contributed by atoms with Gasteiger partial charge < -0.3 is 0 Å². The molecule has 2 heterocycles. The van der Waals surface area contributed by atoms with Crippen molar-refractivity contribution in [2.24, 2.45) is 0 Å². The summed E-state index contributed by atoms with van der Waals surface area (Å²) in [4.78, 5) is 0. The first kappa shape index (κ1) is 3.12. The maximum Gasteiger partial charge on any atom is 0.145 e. The first-order valence-corrected chi connectivity index (χ1v) is 2.89. The van der Waals surface area contributed by atoms with E-state index in [-0.39, 0.29) is 0 Å². The lowest BCUT2D eigenvalue weighted by Crippen LogP contribution is -1.99. The Morgan fingerprint density at radius 3 is 2.33 bits per heavy atom. The van der Waals surface area contributed by atoms with Crippen LogP contribution < -0.4 is 0 Å². The molecule has 1 heteroatoms. The van der Waals surface area contributed by atoms with Gasteiger partial charge in [-0.15, -0.1) is 0 Å². The van der Waals surface area contributed by atoms with Crippen LogP contribution in [-0.2, 0) is 0 Å². The largest absolute Gasteiger partial charge is 0.145 e. The number of hydrogen-bond donors (Lipinski definition) is 0. The summed E-state index contributed by atoms with van der Waals surface area (Å²) in [6.45, 7) is 3.58. The molecule has 0 aliphatic carbocycles. The molecule has 2 aliphatic rings. The lowest BCUT2D eigenvalue weighted by atomic mass is 9.52. The van der Waals surface area contributed by atoms with Gasteiger partial charge in [0.2, 0.25) is 0 Å². The summed E-state index contributed by atoms with van der Waals surface area (Å²) in [6.07, 6.45) is 3.09. The van der Waals surface area contributed by atoms with Gasteiger partial charge in [0.15, 0.2) is 0 Å². The summed E-state index contributed by atoms with van der Waals surface area (Å²) in [5.74, 6) is 2.33. The molecule has 6 heavy (non-hydrogen) atoms. The highest BCUT2D eigenvalue weighted by Gasteiger charge is 2.55. The van der Waals surface area contributed by atoms with Gasteiger partial charge in [-0.25, -0.2) is 0 Å². The Morgan fingerprint density at radius 2 is 2.33 bits per heavy atom. The van der Waals surface area contributed by atoms with Gasteiger partial charge in [0.05, 0.1) is 0 Å². The monoisotopic (exact) mass is 80.1 g/mol. The molecule has 0 radical (unpaired) electrons. The molecule has 2 unspecified atom stereocenters. The van der Waals surface area contributed by atoms with Crippen molar-refractivity contribution in [3.63, 3.8) is 0 Å². The molecule has 0 N–H and O–H groups in total. The summed E-state index contributed by atoms with van der Waals surface area (Å²) in [5.41, 5.74) is 0. The number of hydrogen-bond acceptors (Lipinski definition) is 0. The van der Waals surface area contributed by atoms with Crippen LogP contribution in [0.15, 0.2) is 0 Å². The molecule has 0 aromatic heterocycles. The quantitative estimate of drug-likeness (QED) is 0.388. The molecule has 2 fully saturated rings. The summed E-state index contributed by atoms with van der Waals surface area (Å²) < 4.78 is 0. The predicted octanol–water partition coefficient (Wildman–Crippen LogP) is 1.66. The zero-order valence-electron chi connectivity index (χ0n) is 4.15. The molecule has 0 spiro atoms. The van der Waals surface area contributed by atoms with E-state index < -0.39 is 0 Å². The molecule has 2 aliphatic heterocycles. The zero-order valence-corrected chi connectivity index (χ0v) is 4.15. The maximum absolute atomic E-state index is 2.38. The van der Waals surface area contributed by atoms with Crippen LogP contribution >= 0.6 is 0 Å². The molecule has 0 bridgehead atoms. The lowest BCUT2D eigenvalue weighted by molar-refractivity contribution is 0.849. The fourth-order valence-electron chi connectivity index (χ4n) is 1.71. The van der Waals surface area contributed by atoms with Gasteiger partial charge in [0.1, 0.15) is 6.71 Å². The fraction of sp³-hybridized carbons (Fsp3) is 1.00. The third kappa shape index (κ3) is 0.168. The molecule has 2 atom stereocenters. The minimum absolute atomic E-state index is 1.13. The van der Waals surface area contributed by atoms with E-state index in [2.05, 4.69) is 6.92 Å². The van der Waals surface area contributed by atoms with Crippen LogP contribution in [0.2, 0.25) is 18.0 Å². The third-order valence-corrected chi connectivity index (χ3v) is 2.59. The summed E-state index contributed by atoms with van der Waals surface area (Å²) in [7, 11) is 0. The van der Waals surface area contributed by atoms with Crippen molar-refractivity contribution < 1.29 is 0 Å². The van der Waals surface area contributed by atoms with Crippen LogP contribution in [0.25, 0.3) is 0 Å². The van der Waals surface area contributed by atoms with Gasteiger partial charge >= 0.3 is 0 Å². The molecule has 0 aromatic rings. The van der Waals surface area contributed by atoms with Crippen molar-refractivity contribution in [1.82, 2.24) is 0 Å². The van der Waals surface area contributed by atoms with Crippen molar-refractivity contribution in [3.8, 4) is 0 Å². The van der Waals surface area contributed by atoms with Crippen LogP contribution in [0, 0.1) is 0 Å². The standard InChI is InChI=1S/C5H9B/c1-4-5-2-3-6(4)5/h4-5H,2-3H2,1H3. The van der Waals surface area contributed by atoms with E-state index in [1.807, 2.05) is 0 Å². The number of rotatable bonds is 0. The molecule has 0 saturated carbocycles. The Morgan fingerprint density at radius 1 is 1.67 bits per heavy atom. The van der Waals surface area contributed by atoms with E-state index in [0.717, 1.165) is 5.82 Å². The predicted molar refractivity (Wildman–Crippen MR) is 28.4 cm³/mol. The van der Waals surface area contributed by atoms with Gasteiger partial charge in [0, 0.05) is 0 Å². The Bertz CT molecular complexity index is 63.3. The molecule has 2 rings (SSSR count). The van der Waals surface area contributed by atoms with Crippen LogP contribution in [0.5, 0.6) is 0 Å². The van der Waals surface area contributed by atoms with Gasteiger partial charge in [-0.2, -0.15) is 0 Å². The summed E-state index contributed by atoms with van der Waals surface area (Å²) in [5, 5.41) is 0. The van der Waals surface area contributed by atoms with Gasteiger partial charge in [-0.1, -0.05) is 31.3 Å². The average Bonchev–Trinajstić information content (AvgIpc) is 1.63. The van der Waals surface area contributed by atoms with E-state index in [4.69, 9.17) is 0 Å². The highest BCUT2D eigenvalue weighted by Crippen LogP contribution is 2.63. The summed E-state index contributed by atoms with van der Waals surface area (Å²) >= 11 is 0. The van der Waals surface area contributed by atoms with E-state index in [9.17, 15) is 0 Å². The topological polar surface area (TPSA) is 0 Å². The van der Waals surface area contributed by atoms with Crippen molar-refractivity contribution in [2.75, 3.05) is 0 Å². The van der Waals surface area contributed by atoms with Gasteiger partial charge in [-0.3, -0.25) is 0 Å². The average molecular weight is 79.9 g/mol. The Labute approximate surface area is 39.0 Å². The Kier molecular flexibility index (Phi) is 0.355. The molecule has 0 aromatic carbocycles. The minimum atomic E-state index is 1.13. The van der Waals surface area contributed by atoms with Gasteiger partial charge in [-0.05, 0) is 0 Å². The molecule has 32 valence electrons. The van der Waals surface area contributed by atoms with Crippen molar-refractivity contribution >= 4 is 6.71 Å². The van der Waals surface area contributed by atoms with Crippen molar-refractivity contribution in [1.29, 1.82) is 0 Å². The van der Waals surface area contributed by atoms with Gasteiger partial charge in [0.25, 0.3) is 0 Å². The smallest absolute Gasteiger partial charge is 0.0741 e.